The molecular formula is C18H20N4O6. The molecule has 2 atom stereocenters. The highest BCUT2D eigenvalue weighted by Gasteiger charge is 2.53. The molecule has 2 N–H and O–H groups in total. The van der Waals surface area contributed by atoms with Gasteiger partial charge in [0.05, 0.1) is 12.8 Å². The average molecular weight is 388 g/mol. The van der Waals surface area contributed by atoms with E-state index in [0.717, 1.165) is 10.6 Å². The van der Waals surface area contributed by atoms with E-state index >= 15 is 0 Å². The van der Waals surface area contributed by atoms with Gasteiger partial charge in [-0.15, -0.1) is 0 Å². The first-order valence-corrected chi connectivity index (χ1v) is 8.55. The van der Waals surface area contributed by atoms with Crippen molar-refractivity contribution in [3.05, 3.63) is 54.2 Å². The monoisotopic (exact) mass is 388 g/mol. The Balaban J connectivity index is 1.69. The number of nitrogens with zero attached hydrogens (tertiary/aromatic N) is 3. The van der Waals surface area contributed by atoms with Gasteiger partial charge in [0.25, 0.3) is 11.8 Å². The number of hydrazine groups is 1. The van der Waals surface area contributed by atoms with Crippen LogP contribution in [0.5, 0.6) is 0 Å². The Hall–Kier alpha value is -3.24. The first kappa shape index (κ1) is 19.5. The van der Waals surface area contributed by atoms with Crippen molar-refractivity contribution in [3.8, 4) is 0 Å². The molecule has 1 aliphatic rings. The highest BCUT2D eigenvalue weighted by Crippen LogP contribution is 2.27. The third-order valence-corrected chi connectivity index (χ3v) is 4.17. The predicted octanol–water partition coefficient (Wildman–Crippen LogP) is 0.0184. The molecule has 0 aromatic carbocycles. The summed E-state index contributed by atoms with van der Waals surface area (Å²) in [6.45, 7) is -0.0449. The zero-order valence-electron chi connectivity index (χ0n) is 15.1. The van der Waals surface area contributed by atoms with Crippen LogP contribution in [-0.2, 0) is 32.2 Å². The number of carbonyl (C=O) groups is 3. The number of ether oxygens (including phenoxy) is 1. The second-order valence-electron chi connectivity index (χ2n) is 6.15. The first-order valence-electron chi connectivity index (χ1n) is 8.55. The molecule has 2 amide bonds. The topological polar surface area (TPSA) is 129 Å². The van der Waals surface area contributed by atoms with E-state index in [0.29, 0.717) is 5.76 Å². The van der Waals surface area contributed by atoms with Crippen molar-refractivity contribution in [2.24, 2.45) is 0 Å². The second kappa shape index (κ2) is 8.63. The Labute approximate surface area is 160 Å². The molecule has 2 unspecified atom stereocenters. The Kier molecular flexibility index (Phi) is 6.02. The van der Waals surface area contributed by atoms with Gasteiger partial charge >= 0.3 is 5.97 Å². The number of amides is 2. The van der Waals surface area contributed by atoms with Crippen LogP contribution in [0, 0.1) is 0 Å². The molecule has 0 radical (unpaired) electrons. The summed E-state index contributed by atoms with van der Waals surface area (Å²) in [7, 11) is 1.42. The molecular weight excluding hydrogens is 368 g/mol. The SMILES string of the molecule is CNN(CC(=O)O)C(=O)C1OC1C(=O)N(Cc1ccncc1)Cc1ccco1. The fourth-order valence-electron chi connectivity index (χ4n) is 2.73. The number of carboxylic acids is 1. The molecule has 2 aromatic heterocycles. The summed E-state index contributed by atoms with van der Waals surface area (Å²) in [6, 6.07) is 7.04. The molecule has 28 heavy (non-hydrogen) atoms. The normalized spacial score (nSPS) is 17.8. The molecule has 2 aromatic rings. The standard InChI is InChI=1S/C18H20N4O6/c1-19-22(11-14(23)24)18(26)16-15(28-16)17(25)21(10-13-3-2-8-27-13)9-12-4-6-20-7-5-12/h2-8,15-16,19H,9-11H2,1H3,(H,23,24). The number of pyridine rings is 1. The molecule has 3 heterocycles. The Morgan fingerprint density at radius 3 is 2.46 bits per heavy atom. The zero-order chi connectivity index (χ0) is 20.1. The predicted molar refractivity (Wildman–Crippen MR) is 94.3 cm³/mol. The number of rotatable bonds is 9. The lowest BCUT2D eigenvalue weighted by Gasteiger charge is -2.21. The van der Waals surface area contributed by atoms with Crippen LogP contribution in [0.25, 0.3) is 0 Å². The van der Waals surface area contributed by atoms with E-state index in [2.05, 4.69) is 10.4 Å². The fourth-order valence-corrected chi connectivity index (χ4v) is 2.73. The van der Waals surface area contributed by atoms with E-state index < -0.39 is 30.6 Å². The van der Waals surface area contributed by atoms with Gasteiger partial charge in [-0.1, -0.05) is 0 Å². The van der Waals surface area contributed by atoms with Gasteiger partial charge in [-0.3, -0.25) is 24.4 Å². The number of aliphatic carboxylic acids is 1. The van der Waals surface area contributed by atoms with Crippen LogP contribution in [0.3, 0.4) is 0 Å². The number of furan rings is 1. The third kappa shape index (κ3) is 4.72. The minimum Gasteiger partial charge on any atom is -0.480 e. The summed E-state index contributed by atoms with van der Waals surface area (Å²) in [5.41, 5.74) is 3.36. The van der Waals surface area contributed by atoms with Crippen LogP contribution < -0.4 is 5.43 Å². The summed E-state index contributed by atoms with van der Waals surface area (Å²) in [4.78, 5) is 41.6. The maximum atomic E-state index is 12.9. The van der Waals surface area contributed by atoms with Crippen molar-refractivity contribution in [1.82, 2.24) is 20.3 Å². The van der Waals surface area contributed by atoms with Gasteiger partial charge in [-0.05, 0) is 29.8 Å². The molecule has 0 saturated carbocycles. The molecule has 3 rings (SSSR count). The van der Waals surface area contributed by atoms with Crippen molar-refractivity contribution in [2.45, 2.75) is 25.3 Å². The number of hydrogen-bond acceptors (Lipinski definition) is 7. The van der Waals surface area contributed by atoms with Crippen LogP contribution in [0.1, 0.15) is 11.3 Å². The smallest absolute Gasteiger partial charge is 0.324 e. The lowest BCUT2D eigenvalue weighted by atomic mass is 10.2. The Bertz CT molecular complexity index is 826. The molecule has 1 fully saturated rings. The lowest BCUT2D eigenvalue weighted by molar-refractivity contribution is -0.147. The summed E-state index contributed by atoms with van der Waals surface area (Å²) >= 11 is 0. The van der Waals surface area contributed by atoms with Crippen molar-refractivity contribution in [2.75, 3.05) is 13.6 Å². The van der Waals surface area contributed by atoms with E-state index in [1.54, 1.807) is 36.7 Å². The molecule has 0 spiro atoms. The van der Waals surface area contributed by atoms with Crippen LogP contribution in [0.15, 0.2) is 47.3 Å². The van der Waals surface area contributed by atoms with E-state index in [1.807, 2.05) is 0 Å². The Morgan fingerprint density at radius 2 is 1.86 bits per heavy atom. The van der Waals surface area contributed by atoms with Gasteiger partial charge in [0.1, 0.15) is 12.3 Å². The van der Waals surface area contributed by atoms with Crippen molar-refractivity contribution in [1.29, 1.82) is 0 Å². The number of hydrogen-bond donors (Lipinski definition) is 2. The quantitative estimate of drug-likeness (QED) is 0.454. The summed E-state index contributed by atoms with van der Waals surface area (Å²) in [6.07, 6.45) is 2.79. The Morgan fingerprint density at radius 1 is 1.14 bits per heavy atom. The molecule has 148 valence electrons. The van der Waals surface area contributed by atoms with E-state index in [1.165, 1.54) is 18.2 Å². The minimum absolute atomic E-state index is 0.208. The second-order valence-corrected chi connectivity index (χ2v) is 6.15. The molecule has 1 saturated heterocycles. The number of nitrogens with one attached hydrogen (secondary N) is 1. The number of aromatic nitrogens is 1. The minimum atomic E-state index is -1.18. The first-order chi connectivity index (χ1) is 13.5. The van der Waals surface area contributed by atoms with Crippen LogP contribution in [0.4, 0.5) is 0 Å². The van der Waals surface area contributed by atoms with Gasteiger partial charge in [0, 0.05) is 26.0 Å². The molecule has 10 heteroatoms. The maximum absolute atomic E-state index is 12.9. The number of epoxide rings is 1. The lowest BCUT2D eigenvalue weighted by Crippen LogP contribution is -2.47. The van der Waals surface area contributed by atoms with Gasteiger partial charge in [-0.2, -0.15) is 0 Å². The van der Waals surface area contributed by atoms with Crippen molar-refractivity contribution < 1.29 is 28.6 Å². The highest BCUT2D eigenvalue weighted by atomic mass is 16.6. The van der Waals surface area contributed by atoms with Crippen LogP contribution >= 0.6 is 0 Å². The van der Waals surface area contributed by atoms with Crippen LogP contribution in [0.2, 0.25) is 0 Å². The summed E-state index contributed by atoms with van der Waals surface area (Å²) in [5.74, 6) is -1.57. The average Bonchev–Trinajstić information content (AvgIpc) is 3.33. The molecule has 0 bridgehead atoms. The number of carbonyl (C=O) groups excluding carboxylic acids is 2. The zero-order valence-corrected chi connectivity index (χ0v) is 15.1. The van der Waals surface area contributed by atoms with Crippen molar-refractivity contribution >= 4 is 17.8 Å². The van der Waals surface area contributed by atoms with Gasteiger partial charge in [0.15, 0.2) is 12.2 Å². The summed E-state index contributed by atoms with van der Waals surface area (Å²) in [5, 5.41) is 9.77. The molecule has 0 aliphatic carbocycles. The maximum Gasteiger partial charge on any atom is 0.324 e. The largest absolute Gasteiger partial charge is 0.480 e. The fraction of sp³-hybridized carbons (Fsp3) is 0.333. The number of carboxylic acid groups (broad SMARTS) is 1. The van der Waals surface area contributed by atoms with E-state index in [-0.39, 0.29) is 19.0 Å². The molecule has 1 aliphatic heterocycles. The van der Waals surface area contributed by atoms with Crippen molar-refractivity contribution in [3.63, 3.8) is 0 Å². The highest BCUT2D eigenvalue weighted by molar-refractivity contribution is 5.95. The third-order valence-electron chi connectivity index (χ3n) is 4.17. The summed E-state index contributed by atoms with van der Waals surface area (Å²) < 4.78 is 10.6. The van der Waals surface area contributed by atoms with E-state index in [4.69, 9.17) is 14.3 Å². The van der Waals surface area contributed by atoms with E-state index in [9.17, 15) is 14.4 Å². The van der Waals surface area contributed by atoms with Gasteiger partial charge in [-0.25, -0.2) is 5.43 Å². The van der Waals surface area contributed by atoms with Gasteiger partial charge in [0.2, 0.25) is 0 Å². The van der Waals surface area contributed by atoms with Gasteiger partial charge < -0.3 is 19.2 Å². The molecule has 10 nitrogen and oxygen atoms in total. The van der Waals surface area contributed by atoms with Crippen LogP contribution in [-0.4, -0.2) is 63.6 Å².